The van der Waals surface area contributed by atoms with Crippen molar-refractivity contribution < 1.29 is 27.9 Å². The van der Waals surface area contributed by atoms with Gasteiger partial charge >= 0.3 is 18.2 Å². The molecule has 0 saturated carbocycles. The monoisotopic (exact) mass is 417 g/mol. The van der Waals surface area contributed by atoms with E-state index in [1.54, 1.807) is 6.92 Å². The number of hydrogen-bond acceptors (Lipinski definition) is 3. The second kappa shape index (κ2) is 8.69. The molecule has 0 saturated heterocycles. The molecule has 0 unspecified atom stereocenters. The lowest BCUT2D eigenvalue weighted by Crippen LogP contribution is -2.52. The number of nitrogens with one attached hydrogen (secondary N) is 1. The first kappa shape index (κ1) is 22.5. The van der Waals surface area contributed by atoms with Gasteiger partial charge in [-0.1, -0.05) is 24.8 Å². The molecule has 1 aliphatic rings. The van der Waals surface area contributed by atoms with Crippen molar-refractivity contribution in [2.75, 3.05) is 4.90 Å². The van der Waals surface area contributed by atoms with E-state index in [1.165, 1.54) is 31.2 Å². The van der Waals surface area contributed by atoms with Gasteiger partial charge in [-0.2, -0.15) is 18.4 Å². The predicted molar refractivity (Wildman–Crippen MR) is 104 cm³/mol. The number of halogens is 3. The summed E-state index contributed by atoms with van der Waals surface area (Å²) in [6.45, 7) is 6.74. The minimum Gasteiger partial charge on any atom is -0.478 e. The lowest BCUT2D eigenvalue weighted by atomic mass is 9.94. The van der Waals surface area contributed by atoms with E-state index in [-0.39, 0.29) is 22.5 Å². The molecule has 1 atom stereocenters. The highest BCUT2D eigenvalue weighted by Crippen LogP contribution is 2.34. The maximum Gasteiger partial charge on any atom is 0.416 e. The summed E-state index contributed by atoms with van der Waals surface area (Å²) in [6.07, 6.45) is -0.262. The number of benzene rings is 1. The number of carbonyl (C=O) groups excluding carboxylic acids is 1. The van der Waals surface area contributed by atoms with Crippen molar-refractivity contribution >= 4 is 17.7 Å². The molecule has 0 spiro atoms. The summed E-state index contributed by atoms with van der Waals surface area (Å²) < 4.78 is 39.1. The van der Waals surface area contributed by atoms with Gasteiger partial charge in [0.05, 0.1) is 28.9 Å². The second-order valence-corrected chi connectivity index (χ2v) is 6.33. The van der Waals surface area contributed by atoms with Gasteiger partial charge in [-0.3, -0.25) is 4.90 Å². The van der Waals surface area contributed by atoms with E-state index in [4.69, 9.17) is 5.26 Å². The van der Waals surface area contributed by atoms with Crippen LogP contribution in [0.1, 0.15) is 19.4 Å². The van der Waals surface area contributed by atoms with Gasteiger partial charge in [0.2, 0.25) is 0 Å². The van der Waals surface area contributed by atoms with Crippen LogP contribution in [0.5, 0.6) is 0 Å². The number of urea groups is 1. The summed E-state index contributed by atoms with van der Waals surface area (Å²) in [6, 6.07) is 4.03. The van der Waals surface area contributed by atoms with E-state index < -0.39 is 29.8 Å². The van der Waals surface area contributed by atoms with Crippen LogP contribution < -0.4 is 10.2 Å². The maximum absolute atomic E-state index is 13.0. The fraction of sp³-hybridized carbons (Fsp3) is 0.190. The third-order valence-corrected chi connectivity index (χ3v) is 4.43. The van der Waals surface area contributed by atoms with Crippen molar-refractivity contribution in [2.24, 2.45) is 0 Å². The lowest BCUT2D eigenvalue weighted by molar-refractivity contribution is -0.137. The number of anilines is 1. The van der Waals surface area contributed by atoms with Crippen LogP contribution in [-0.2, 0) is 11.0 Å². The molecule has 1 heterocycles. The van der Waals surface area contributed by atoms with Crippen molar-refractivity contribution in [1.29, 1.82) is 5.26 Å². The minimum absolute atomic E-state index is 0.0448. The summed E-state index contributed by atoms with van der Waals surface area (Å²) in [4.78, 5) is 25.4. The van der Waals surface area contributed by atoms with Gasteiger partial charge in [0.15, 0.2) is 0 Å². The first-order chi connectivity index (χ1) is 14.0. The number of nitrogens with zero attached hydrogens (tertiary/aromatic N) is 2. The molecule has 0 radical (unpaired) electrons. The standard InChI is InChI=1S/C21H18F3N3O3/c1-4-14(11-25)9-8-12(2)18-17(19(28)29)13(3)27(20(30)26-18)16-7-5-6-15(10-16)21(22,23)24/h4-10,18H,2H2,1,3H3,(H,26,30)(H,28,29)/b9-8-,14-4+/t18-/m1/s1. The van der Waals surface area contributed by atoms with E-state index in [9.17, 15) is 27.9 Å². The molecular weight excluding hydrogens is 399 g/mol. The molecule has 0 bridgehead atoms. The van der Waals surface area contributed by atoms with Gasteiger partial charge in [0, 0.05) is 11.3 Å². The van der Waals surface area contributed by atoms with Crippen molar-refractivity contribution in [3.8, 4) is 6.07 Å². The Balaban J connectivity index is 2.52. The Labute approximate surface area is 170 Å². The fourth-order valence-electron chi connectivity index (χ4n) is 2.92. The van der Waals surface area contributed by atoms with E-state index in [2.05, 4.69) is 11.9 Å². The van der Waals surface area contributed by atoms with Gasteiger partial charge in [0.25, 0.3) is 0 Å². The fourth-order valence-corrected chi connectivity index (χ4v) is 2.92. The largest absolute Gasteiger partial charge is 0.478 e. The number of aliphatic carboxylic acids is 1. The second-order valence-electron chi connectivity index (χ2n) is 6.33. The lowest BCUT2D eigenvalue weighted by Gasteiger charge is -2.35. The minimum atomic E-state index is -4.62. The number of rotatable bonds is 5. The maximum atomic E-state index is 13.0. The number of carboxylic acids is 1. The molecule has 1 aliphatic heterocycles. The summed E-state index contributed by atoms with van der Waals surface area (Å²) >= 11 is 0. The van der Waals surface area contributed by atoms with Crippen molar-refractivity contribution in [2.45, 2.75) is 26.1 Å². The van der Waals surface area contributed by atoms with Crippen LogP contribution in [0, 0.1) is 11.3 Å². The Morgan fingerprint density at radius 2 is 2.03 bits per heavy atom. The quantitative estimate of drug-likeness (QED) is 0.543. The zero-order valence-corrected chi connectivity index (χ0v) is 16.1. The number of amides is 2. The first-order valence-corrected chi connectivity index (χ1v) is 8.66. The van der Waals surface area contributed by atoms with Crippen molar-refractivity contribution in [3.63, 3.8) is 0 Å². The predicted octanol–water partition coefficient (Wildman–Crippen LogP) is 4.54. The van der Waals surface area contributed by atoms with Crippen LogP contribution in [0.25, 0.3) is 0 Å². The van der Waals surface area contributed by atoms with E-state index in [0.717, 1.165) is 23.1 Å². The Bertz CT molecular complexity index is 1030. The number of hydrogen-bond donors (Lipinski definition) is 2. The van der Waals surface area contributed by atoms with Gasteiger partial charge in [-0.25, -0.2) is 9.59 Å². The summed E-state index contributed by atoms with van der Waals surface area (Å²) in [7, 11) is 0. The highest BCUT2D eigenvalue weighted by Gasteiger charge is 2.37. The van der Waals surface area contributed by atoms with Gasteiger partial charge < -0.3 is 10.4 Å². The summed E-state index contributed by atoms with van der Waals surface area (Å²) in [5.74, 6) is -1.37. The summed E-state index contributed by atoms with van der Waals surface area (Å²) in [5, 5.41) is 21.1. The smallest absolute Gasteiger partial charge is 0.416 e. The highest BCUT2D eigenvalue weighted by atomic mass is 19.4. The van der Waals surface area contributed by atoms with Crippen LogP contribution in [0.15, 0.2) is 71.5 Å². The Kier molecular flexibility index (Phi) is 6.52. The Morgan fingerprint density at radius 1 is 1.37 bits per heavy atom. The molecule has 30 heavy (non-hydrogen) atoms. The molecule has 2 rings (SSSR count). The molecule has 1 aromatic carbocycles. The zero-order chi connectivity index (χ0) is 22.6. The molecule has 2 amide bonds. The molecular formula is C21H18F3N3O3. The Hall–Kier alpha value is -3.80. The van der Waals surface area contributed by atoms with Gasteiger partial charge in [-0.05, 0) is 43.7 Å². The van der Waals surface area contributed by atoms with Crippen molar-refractivity contribution in [3.05, 3.63) is 77.1 Å². The number of carboxylic acid groups (broad SMARTS) is 1. The molecule has 9 heteroatoms. The van der Waals surface area contributed by atoms with Gasteiger partial charge in [-0.15, -0.1) is 0 Å². The topological polar surface area (TPSA) is 93.4 Å². The third-order valence-electron chi connectivity index (χ3n) is 4.43. The van der Waals surface area contributed by atoms with Crippen LogP contribution in [-0.4, -0.2) is 23.1 Å². The molecule has 0 aliphatic carbocycles. The van der Waals surface area contributed by atoms with E-state index in [0.29, 0.717) is 5.57 Å². The average molecular weight is 417 g/mol. The molecule has 0 aromatic heterocycles. The molecule has 6 nitrogen and oxygen atoms in total. The Morgan fingerprint density at radius 3 is 2.57 bits per heavy atom. The number of nitriles is 1. The molecule has 156 valence electrons. The van der Waals surface area contributed by atoms with E-state index in [1.807, 2.05) is 6.07 Å². The number of allylic oxidation sites excluding steroid dienone is 4. The summed E-state index contributed by atoms with van der Waals surface area (Å²) in [5.41, 5.74) is -0.890. The zero-order valence-electron chi connectivity index (χ0n) is 16.1. The number of alkyl halides is 3. The van der Waals surface area contributed by atoms with Gasteiger partial charge in [0.1, 0.15) is 0 Å². The SMILES string of the molecule is C=C(/C=C\C(C#N)=C/C)[C@H]1NC(=O)N(c2cccc(C(F)(F)F)c2)C(C)=C1C(=O)O. The molecule has 1 aromatic rings. The van der Waals surface area contributed by atoms with Crippen LogP contribution in [0.3, 0.4) is 0 Å². The first-order valence-electron chi connectivity index (χ1n) is 8.66. The highest BCUT2D eigenvalue weighted by molar-refractivity contribution is 6.03. The third kappa shape index (κ3) is 4.60. The van der Waals surface area contributed by atoms with E-state index >= 15 is 0 Å². The van der Waals surface area contributed by atoms with Crippen LogP contribution in [0.4, 0.5) is 23.7 Å². The van der Waals surface area contributed by atoms with Crippen LogP contribution >= 0.6 is 0 Å². The normalized spacial score (nSPS) is 17.7. The number of carbonyl (C=O) groups is 2. The molecule has 2 N–H and O–H groups in total. The van der Waals surface area contributed by atoms with Crippen LogP contribution in [0.2, 0.25) is 0 Å². The van der Waals surface area contributed by atoms with Crippen molar-refractivity contribution in [1.82, 2.24) is 5.32 Å². The average Bonchev–Trinajstić information content (AvgIpc) is 2.67. The molecule has 0 fully saturated rings.